The van der Waals surface area contributed by atoms with Crippen molar-refractivity contribution in [2.45, 2.75) is 6.92 Å². The standard InChI is InChI=1S/C20H16ClN3O2/c1-11-3-5-13(15(21)9-11)18(25)19-17(22)14-6-4-12(10-16(14)26-19)20-23-7-8-24(20)2/h3-10H,22H2,1-2H3. The van der Waals surface area contributed by atoms with Gasteiger partial charge in [0.1, 0.15) is 11.4 Å². The van der Waals surface area contributed by atoms with Gasteiger partial charge in [0.25, 0.3) is 0 Å². The highest BCUT2D eigenvalue weighted by molar-refractivity contribution is 6.35. The Morgan fingerprint density at radius 2 is 2.04 bits per heavy atom. The first kappa shape index (κ1) is 16.4. The Labute approximate surface area is 155 Å². The van der Waals surface area contributed by atoms with Gasteiger partial charge < -0.3 is 14.7 Å². The Balaban J connectivity index is 1.82. The van der Waals surface area contributed by atoms with Gasteiger partial charge in [0, 0.05) is 36.0 Å². The molecular formula is C20H16ClN3O2. The van der Waals surface area contributed by atoms with Crippen molar-refractivity contribution in [3.63, 3.8) is 0 Å². The first-order valence-electron chi connectivity index (χ1n) is 8.06. The van der Waals surface area contributed by atoms with Gasteiger partial charge in [0.05, 0.1) is 10.7 Å². The minimum Gasteiger partial charge on any atom is -0.450 e. The number of hydrogen-bond acceptors (Lipinski definition) is 4. The SMILES string of the molecule is Cc1ccc(C(=O)c2oc3cc(-c4nccn4C)ccc3c2N)c(Cl)c1. The van der Waals surface area contributed by atoms with Crippen molar-refractivity contribution in [2.75, 3.05) is 5.73 Å². The van der Waals surface area contributed by atoms with Crippen LogP contribution in [0.3, 0.4) is 0 Å². The van der Waals surface area contributed by atoms with E-state index >= 15 is 0 Å². The monoisotopic (exact) mass is 365 g/mol. The van der Waals surface area contributed by atoms with Gasteiger partial charge >= 0.3 is 0 Å². The summed E-state index contributed by atoms with van der Waals surface area (Å²) in [5.41, 5.74) is 9.25. The Morgan fingerprint density at radius 3 is 2.73 bits per heavy atom. The number of ketones is 1. The van der Waals surface area contributed by atoms with Gasteiger partial charge in [-0.2, -0.15) is 0 Å². The van der Waals surface area contributed by atoms with Crippen LogP contribution in [0.4, 0.5) is 5.69 Å². The van der Waals surface area contributed by atoms with Crippen molar-refractivity contribution in [1.29, 1.82) is 0 Å². The lowest BCUT2D eigenvalue weighted by atomic mass is 10.1. The van der Waals surface area contributed by atoms with E-state index in [9.17, 15) is 4.79 Å². The molecule has 0 bridgehead atoms. The minimum atomic E-state index is -0.331. The summed E-state index contributed by atoms with van der Waals surface area (Å²) >= 11 is 6.22. The van der Waals surface area contributed by atoms with Crippen LogP contribution in [0.25, 0.3) is 22.4 Å². The quantitative estimate of drug-likeness (QED) is 0.538. The molecule has 6 heteroatoms. The fourth-order valence-electron chi connectivity index (χ4n) is 2.99. The molecule has 0 amide bonds. The average Bonchev–Trinajstić information content (AvgIpc) is 3.17. The number of aromatic nitrogens is 2. The summed E-state index contributed by atoms with van der Waals surface area (Å²) < 4.78 is 7.72. The molecule has 2 aromatic heterocycles. The van der Waals surface area contributed by atoms with Crippen LogP contribution in [0.1, 0.15) is 21.7 Å². The van der Waals surface area contributed by atoms with Crippen molar-refractivity contribution in [1.82, 2.24) is 9.55 Å². The lowest BCUT2D eigenvalue weighted by molar-refractivity contribution is 0.101. The molecule has 4 aromatic rings. The third-order valence-corrected chi connectivity index (χ3v) is 4.70. The van der Waals surface area contributed by atoms with E-state index in [1.54, 1.807) is 18.3 Å². The summed E-state index contributed by atoms with van der Waals surface area (Å²) in [7, 11) is 1.91. The number of fused-ring (bicyclic) bond motifs is 1. The number of benzene rings is 2. The summed E-state index contributed by atoms with van der Waals surface area (Å²) in [6.07, 6.45) is 3.59. The van der Waals surface area contributed by atoms with Crippen LogP contribution in [-0.2, 0) is 7.05 Å². The van der Waals surface area contributed by atoms with Crippen LogP contribution in [0.5, 0.6) is 0 Å². The predicted octanol–water partition coefficient (Wildman–Crippen LogP) is 4.61. The molecule has 0 aliphatic rings. The molecule has 130 valence electrons. The van der Waals surface area contributed by atoms with Crippen molar-refractivity contribution in [3.05, 3.63) is 70.7 Å². The van der Waals surface area contributed by atoms with Gasteiger partial charge in [-0.3, -0.25) is 4.79 Å². The first-order chi connectivity index (χ1) is 12.5. The Hall–Kier alpha value is -3.05. The van der Waals surface area contributed by atoms with Crippen LogP contribution >= 0.6 is 11.6 Å². The number of carbonyl (C=O) groups excluding carboxylic acids is 1. The summed E-state index contributed by atoms with van der Waals surface area (Å²) in [5, 5.41) is 1.07. The number of nitrogens with zero attached hydrogens (tertiary/aromatic N) is 2. The van der Waals surface area contributed by atoms with Gasteiger partial charge in [-0.25, -0.2) is 4.98 Å². The maximum Gasteiger partial charge on any atom is 0.231 e. The summed E-state index contributed by atoms with van der Waals surface area (Å²) in [6, 6.07) is 10.8. The third kappa shape index (κ3) is 2.57. The van der Waals surface area contributed by atoms with E-state index in [4.69, 9.17) is 21.8 Å². The second-order valence-electron chi connectivity index (χ2n) is 6.23. The van der Waals surface area contributed by atoms with E-state index in [0.717, 1.165) is 17.0 Å². The Kier molecular flexibility index (Phi) is 3.81. The molecule has 2 aromatic carbocycles. The van der Waals surface area contributed by atoms with Gasteiger partial charge in [0.2, 0.25) is 5.78 Å². The molecule has 0 radical (unpaired) electrons. The fourth-order valence-corrected chi connectivity index (χ4v) is 3.32. The number of nitrogens with two attached hydrogens (primary N) is 1. The Morgan fingerprint density at radius 1 is 1.23 bits per heavy atom. The highest BCUT2D eigenvalue weighted by atomic mass is 35.5. The number of aryl methyl sites for hydroxylation is 2. The molecule has 2 heterocycles. The smallest absolute Gasteiger partial charge is 0.231 e. The van der Waals surface area contributed by atoms with Crippen LogP contribution in [0, 0.1) is 6.92 Å². The molecule has 0 spiro atoms. The topological polar surface area (TPSA) is 74.0 Å². The number of rotatable bonds is 3. The first-order valence-corrected chi connectivity index (χ1v) is 8.44. The van der Waals surface area contributed by atoms with Crippen molar-refractivity contribution in [2.24, 2.45) is 7.05 Å². The van der Waals surface area contributed by atoms with Crippen LogP contribution in [-0.4, -0.2) is 15.3 Å². The number of furan rings is 1. The lowest BCUT2D eigenvalue weighted by Gasteiger charge is -2.03. The molecule has 0 aliphatic carbocycles. The molecule has 0 saturated carbocycles. The Bertz CT molecular complexity index is 1160. The highest BCUT2D eigenvalue weighted by Gasteiger charge is 2.22. The van der Waals surface area contributed by atoms with E-state index < -0.39 is 0 Å². The molecule has 2 N–H and O–H groups in total. The van der Waals surface area contributed by atoms with E-state index in [-0.39, 0.29) is 11.5 Å². The van der Waals surface area contributed by atoms with Gasteiger partial charge in [-0.05, 0) is 36.8 Å². The molecule has 0 unspecified atom stereocenters. The maximum absolute atomic E-state index is 12.9. The second-order valence-corrected chi connectivity index (χ2v) is 6.64. The van der Waals surface area contributed by atoms with E-state index in [0.29, 0.717) is 27.2 Å². The largest absolute Gasteiger partial charge is 0.450 e. The van der Waals surface area contributed by atoms with Gasteiger partial charge in [0.15, 0.2) is 5.76 Å². The number of anilines is 1. The molecule has 4 rings (SSSR count). The van der Waals surface area contributed by atoms with Gasteiger partial charge in [-0.1, -0.05) is 23.7 Å². The highest BCUT2D eigenvalue weighted by Crippen LogP contribution is 2.34. The van der Waals surface area contributed by atoms with E-state index in [1.807, 2.05) is 49.0 Å². The van der Waals surface area contributed by atoms with Crippen molar-refractivity contribution >= 4 is 34.0 Å². The number of nitrogen functional groups attached to an aromatic ring is 1. The third-order valence-electron chi connectivity index (χ3n) is 4.38. The fraction of sp³-hybridized carbons (Fsp3) is 0.100. The van der Waals surface area contributed by atoms with E-state index in [2.05, 4.69) is 4.98 Å². The summed E-state index contributed by atoms with van der Waals surface area (Å²) in [4.78, 5) is 17.2. The number of carbonyl (C=O) groups is 1. The number of halogens is 1. The molecule has 0 saturated heterocycles. The maximum atomic E-state index is 12.9. The number of hydrogen-bond donors (Lipinski definition) is 1. The van der Waals surface area contributed by atoms with Crippen LogP contribution in [0.15, 0.2) is 53.2 Å². The number of imidazole rings is 1. The molecule has 0 fully saturated rings. The lowest BCUT2D eigenvalue weighted by Crippen LogP contribution is -2.04. The second kappa shape index (κ2) is 6.04. The van der Waals surface area contributed by atoms with Gasteiger partial charge in [-0.15, -0.1) is 0 Å². The molecule has 5 nitrogen and oxygen atoms in total. The summed E-state index contributed by atoms with van der Waals surface area (Å²) in [5.74, 6) is 0.571. The predicted molar refractivity (Wildman–Crippen MR) is 102 cm³/mol. The minimum absolute atomic E-state index is 0.0998. The molecule has 0 aliphatic heterocycles. The van der Waals surface area contributed by atoms with Crippen LogP contribution < -0.4 is 5.73 Å². The van der Waals surface area contributed by atoms with E-state index in [1.165, 1.54) is 0 Å². The molecule has 26 heavy (non-hydrogen) atoms. The van der Waals surface area contributed by atoms with Crippen molar-refractivity contribution < 1.29 is 9.21 Å². The zero-order valence-corrected chi connectivity index (χ0v) is 15.0. The molecular weight excluding hydrogens is 350 g/mol. The zero-order valence-electron chi connectivity index (χ0n) is 14.3. The molecule has 0 atom stereocenters. The zero-order chi connectivity index (χ0) is 18.4. The summed E-state index contributed by atoms with van der Waals surface area (Å²) in [6.45, 7) is 1.91. The normalized spacial score (nSPS) is 11.2. The van der Waals surface area contributed by atoms with Crippen LogP contribution in [0.2, 0.25) is 5.02 Å². The average molecular weight is 366 g/mol. The van der Waals surface area contributed by atoms with Crippen molar-refractivity contribution in [3.8, 4) is 11.4 Å².